The predicted molar refractivity (Wildman–Crippen MR) is 104 cm³/mol. The van der Waals surface area contributed by atoms with Crippen molar-refractivity contribution in [3.63, 3.8) is 0 Å². The highest BCUT2D eigenvalue weighted by Gasteiger charge is 2.29. The zero-order valence-electron chi connectivity index (χ0n) is 14.8. The van der Waals surface area contributed by atoms with Gasteiger partial charge < -0.3 is 5.32 Å². The number of hydrogen-bond acceptors (Lipinski definition) is 4. The number of sulfonamides is 1. The van der Waals surface area contributed by atoms with Gasteiger partial charge in [0.2, 0.25) is 10.0 Å². The molecule has 1 heterocycles. The summed E-state index contributed by atoms with van der Waals surface area (Å²) in [6.45, 7) is 0.440. The number of nitrogens with one attached hydrogen (secondary N) is 1. The molecule has 1 N–H and O–H groups in total. The monoisotopic (exact) mass is 392 g/mol. The smallest absolute Gasteiger partial charge is 0.251 e. The van der Waals surface area contributed by atoms with Gasteiger partial charge in [-0.05, 0) is 42.5 Å². The van der Waals surface area contributed by atoms with Crippen LogP contribution in [0.5, 0.6) is 0 Å². The molecule has 1 amide bonds. The van der Waals surface area contributed by atoms with Crippen molar-refractivity contribution in [2.24, 2.45) is 0 Å². The second kappa shape index (κ2) is 8.33. The second-order valence-corrected chi connectivity index (χ2v) is 9.63. The van der Waals surface area contributed by atoms with Crippen LogP contribution in [-0.4, -0.2) is 31.7 Å². The Morgan fingerprint density at radius 3 is 2.65 bits per heavy atom. The lowest BCUT2D eigenvalue weighted by Crippen LogP contribution is -2.38. The van der Waals surface area contributed by atoms with Gasteiger partial charge in [0.25, 0.3) is 5.91 Å². The average molecular weight is 393 g/mol. The molecule has 1 fully saturated rings. The van der Waals surface area contributed by atoms with E-state index in [1.54, 1.807) is 36.6 Å². The lowest BCUT2D eigenvalue weighted by Gasteiger charge is -2.30. The molecule has 0 spiro atoms. The molecule has 0 unspecified atom stereocenters. The standard InChI is InChI=1S/C19H24N2O3S2/c1-21(16-8-3-2-4-9-16)26(23,24)18-11-5-7-15(13-18)19(22)20-14-17-10-6-12-25-17/h5-7,10-13,16H,2-4,8-9,14H2,1H3,(H,20,22). The molecule has 0 atom stereocenters. The lowest BCUT2D eigenvalue weighted by atomic mass is 9.96. The number of hydrogen-bond donors (Lipinski definition) is 1. The molecule has 0 aliphatic heterocycles. The number of nitrogens with zero attached hydrogens (tertiary/aromatic N) is 1. The highest BCUT2D eigenvalue weighted by Crippen LogP contribution is 2.26. The van der Waals surface area contributed by atoms with Crippen LogP contribution < -0.4 is 5.32 Å². The van der Waals surface area contributed by atoms with E-state index in [2.05, 4.69) is 5.32 Å². The third kappa shape index (κ3) is 4.34. The first-order chi connectivity index (χ1) is 12.5. The van der Waals surface area contributed by atoms with Crippen LogP contribution >= 0.6 is 11.3 Å². The van der Waals surface area contributed by atoms with Gasteiger partial charge in [-0.3, -0.25) is 4.79 Å². The maximum atomic E-state index is 12.9. The van der Waals surface area contributed by atoms with Crippen LogP contribution in [0.15, 0.2) is 46.7 Å². The van der Waals surface area contributed by atoms with E-state index in [-0.39, 0.29) is 16.8 Å². The molecule has 1 saturated carbocycles. The Balaban J connectivity index is 1.73. The molecule has 3 rings (SSSR count). The summed E-state index contributed by atoms with van der Waals surface area (Å²) in [5, 5.41) is 4.79. The van der Waals surface area contributed by atoms with Gasteiger partial charge in [-0.1, -0.05) is 31.4 Å². The first-order valence-electron chi connectivity index (χ1n) is 8.87. The van der Waals surface area contributed by atoms with Gasteiger partial charge in [0.05, 0.1) is 11.4 Å². The molecule has 0 bridgehead atoms. The van der Waals surface area contributed by atoms with E-state index < -0.39 is 10.0 Å². The van der Waals surface area contributed by atoms with Gasteiger partial charge in [0.1, 0.15) is 0 Å². The molecule has 1 aromatic heterocycles. The Kier molecular flexibility index (Phi) is 6.11. The fourth-order valence-electron chi connectivity index (χ4n) is 3.29. The molecule has 5 nitrogen and oxygen atoms in total. The summed E-state index contributed by atoms with van der Waals surface area (Å²) >= 11 is 1.57. The average Bonchev–Trinajstić information content (AvgIpc) is 3.20. The highest BCUT2D eigenvalue weighted by molar-refractivity contribution is 7.89. The van der Waals surface area contributed by atoms with Crippen LogP contribution in [-0.2, 0) is 16.6 Å². The molecule has 0 saturated heterocycles. The van der Waals surface area contributed by atoms with Crippen LogP contribution in [0.3, 0.4) is 0 Å². The molecule has 26 heavy (non-hydrogen) atoms. The van der Waals surface area contributed by atoms with Crippen LogP contribution in [0, 0.1) is 0 Å². The molecule has 1 aromatic carbocycles. The maximum absolute atomic E-state index is 12.9. The molecule has 1 aliphatic rings. The molecule has 2 aromatic rings. The molecule has 140 valence electrons. The minimum atomic E-state index is -3.60. The van der Waals surface area contributed by atoms with E-state index in [1.165, 1.54) is 16.8 Å². The van der Waals surface area contributed by atoms with Crippen LogP contribution in [0.2, 0.25) is 0 Å². The Morgan fingerprint density at radius 2 is 1.96 bits per heavy atom. The summed E-state index contributed by atoms with van der Waals surface area (Å²) in [6.07, 6.45) is 5.10. The highest BCUT2D eigenvalue weighted by atomic mass is 32.2. The van der Waals surface area contributed by atoms with E-state index in [0.29, 0.717) is 12.1 Å². The van der Waals surface area contributed by atoms with E-state index in [1.807, 2.05) is 17.5 Å². The quantitative estimate of drug-likeness (QED) is 0.816. The summed E-state index contributed by atoms with van der Waals surface area (Å²) in [7, 11) is -1.95. The van der Waals surface area contributed by atoms with E-state index in [9.17, 15) is 13.2 Å². The fraction of sp³-hybridized carbons (Fsp3) is 0.421. The van der Waals surface area contributed by atoms with Gasteiger partial charge in [-0.25, -0.2) is 8.42 Å². The zero-order chi connectivity index (χ0) is 18.6. The minimum absolute atomic E-state index is 0.0464. The lowest BCUT2D eigenvalue weighted by molar-refractivity contribution is 0.0951. The molecule has 7 heteroatoms. The van der Waals surface area contributed by atoms with Crippen LogP contribution in [0.1, 0.15) is 47.3 Å². The van der Waals surface area contributed by atoms with Crippen molar-refractivity contribution < 1.29 is 13.2 Å². The molecular formula is C19H24N2O3S2. The van der Waals surface area contributed by atoms with Crippen molar-refractivity contribution >= 4 is 27.3 Å². The number of rotatable bonds is 6. The van der Waals surface area contributed by atoms with Crippen molar-refractivity contribution in [1.82, 2.24) is 9.62 Å². The normalized spacial score (nSPS) is 15.9. The first-order valence-corrected chi connectivity index (χ1v) is 11.2. The van der Waals surface area contributed by atoms with Gasteiger partial charge >= 0.3 is 0 Å². The van der Waals surface area contributed by atoms with Crippen LogP contribution in [0.25, 0.3) is 0 Å². The fourth-order valence-corrected chi connectivity index (χ4v) is 5.39. The van der Waals surface area contributed by atoms with Crippen molar-refractivity contribution in [2.45, 2.75) is 49.6 Å². The minimum Gasteiger partial charge on any atom is -0.347 e. The van der Waals surface area contributed by atoms with Gasteiger partial charge in [0, 0.05) is 23.5 Å². The van der Waals surface area contributed by atoms with Crippen LogP contribution in [0.4, 0.5) is 0 Å². The van der Waals surface area contributed by atoms with E-state index in [0.717, 1.165) is 30.6 Å². The predicted octanol–water partition coefficient (Wildman–Crippen LogP) is 3.63. The summed E-state index contributed by atoms with van der Waals surface area (Å²) in [6, 6.07) is 10.2. The molecular weight excluding hydrogens is 368 g/mol. The molecule has 0 radical (unpaired) electrons. The number of carbonyl (C=O) groups excluding carboxylic acids is 1. The van der Waals surface area contributed by atoms with Gasteiger partial charge in [0.15, 0.2) is 0 Å². The molecule has 1 aliphatic carbocycles. The van der Waals surface area contributed by atoms with E-state index in [4.69, 9.17) is 0 Å². The Bertz CT molecular complexity index is 841. The summed E-state index contributed by atoms with van der Waals surface area (Å²) in [5.74, 6) is -0.268. The first kappa shape index (κ1) is 19.1. The largest absolute Gasteiger partial charge is 0.347 e. The van der Waals surface area contributed by atoms with Crippen molar-refractivity contribution in [1.29, 1.82) is 0 Å². The zero-order valence-corrected chi connectivity index (χ0v) is 16.5. The SMILES string of the molecule is CN(C1CCCCC1)S(=O)(=O)c1cccc(C(=O)NCc2cccs2)c1. The third-order valence-electron chi connectivity index (χ3n) is 4.87. The Hall–Kier alpha value is -1.70. The maximum Gasteiger partial charge on any atom is 0.251 e. The third-order valence-corrected chi connectivity index (χ3v) is 7.65. The van der Waals surface area contributed by atoms with Crippen molar-refractivity contribution in [3.8, 4) is 0 Å². The Labute approximate surface area is 159 Å². The summed E-state index contributed by atoms with van der Waals surface area (Å²) in [5.41, 5.74) is 0.361. The van der Waals surface area contributed by atoms with Gasteiger partial charge in [-0.15, -0.1) is 11.3 Å². The second-order valence-electron chi connectivity index (χ2n) is 6.60. The number of benzene rings is 1. The van der Waals surface area contributed by atoms with Gasteiger partial charge in [-0.2, -0.15) is 4.31 Å². The number of amides is 1. The van der Waals surface area contributed by atoms with E-state index >= 15 is 0 Å². The summed E-state index contributed by atoms with van der Waals surface area (Å²) in [4.78, 5) is 13.6. The topological polar surface area (TPSA) is 66.5 Å². The number of thiophene rings is 1. The Morgan fingerprint density at radius 1 is 1.19 bits per heavy atom. The number of carbonyl (C=O) groups is 1. The van der Waals surface area contributed by atoms with Crippen molar-refractivity contribution in [2.75, 3.05) is 7.05 Å². The van der Waals surface area contributed by atoms with Crippen molar-refractivity contribution in [3.05, 3.63) is 52.2 Å². The summed E-state index contributed by atoms with van der Waals surface area (Å²) < 4.78 is 27.4.